The van der Waals surface area contributed by atoms with Crippen molar-refractivity contribution >= 4 is 11.7 Å². The van der Waals surface area contributed by atoms with Gasteiger partial charge in [0.1, 0.15) is 12.1 Å². The Balaban J connectivity index is 2.06. The van der Waals surface area contributed by atoms with Gasteiger partial charge in [0.05, 0.1) is 7.11 Å². The largest absolute Gasteiger partial charge is 0.468 e. The Labute approximate surface area is 106 Å². The Kier molecular flexibility index (Phi) is 3.84. The number of hydrogen-bond acceptors (Lipinski definition) is 5. The van der Waals surface area contributed by atoms with Crippen molar-refractivity contribution in [3.8, 4) is 0 Å². The van der Waals surface area contributed by atoms with Gasteiger partial charge in [0, 0.05) is 18.8 Å². The minimum absolute atomic E-state index is 0.616. The van der Waals surface area contributed by atoms with E-state index < -0.39 is 18.1 Å². The van der Waals surface area contributed by atoms with E-state index in [1.165, 1.54) is 13.5 Å². The van der Waals surface area contributed by atoms with Crippen LogP contribution in [-0.4, -0.2) is 37.3 Å². The average Bonchev–Trinajstić information content (AvgIpc) is 2.35. The van der Waals surface area contributed by atoms with Crippen molar-refractivity contribution in [3.05, 3.63) is 29.8 Å². The molecule has 1 aliphatic rings. The predicted molar refractivity (Wildman–Crippen MR) is 68.2 cm³/mol. The molecule has 2 atom stereocenters. The van der Waals surface area contributed by atoms with Gasteiger partial charge in [-0.3, -0.25) is 4.79 Å². The summed E-state index contributed by atoms with van der Waals surface area (Å²) in [5.41, 5.74) is 7.35. The van der Waals surface area contributed by atoms with Crippen molar-refractivity contribution < 1.29 is 14.6 Å². The summed E-state index contributed by atoms with van der Waals surface area (Å²) in [6.07, 6.45) is 0.181. The SMILES string of the molecule is COC(=O)[C@@H](N)[C@H](O)c1ccc(N2CCC2)cc1. The van der Waals surface area contributed by atoms with E-state index in [4.69, 9.17) is 5.73 Å². The molecule has 0 radical (unpaired) electrons. The second-order valence-electron chi connectivity index (χ2n) is 4.43. The van der Waals surface area contributed by atoms with E-state index in [0.717, 1.165) is 18.8 Å². The quantitative estimate of drug-likeness (QED) is 0.758. The molecule has 5 heteroatoms. The molecule has 1 aromatic rings. The molecule has 3 N–H and O–H groups in total. The van der Waals surface area contributed by atoms with Gasteiger partial charge in [0.25, 0.3) is 0 Å². The van der Waals surface area contributed by atoms with Gasteiger partial charge in [-0.15, -0.1) is 0 Å². The van der Waals surface area contributed by atoms with Crippen LogP contribution in [0.1, 0.15) is 18.1 Å². The van der Waals surface area contributed by atoms with Crippen LogP contribution in [0.4, 0.5) is 5.69 Å². The molecule has 0 spiro atoms. The Morgan fingerprint density at radius 2 is 2.00 bits per heavy atom. The zero-order valence-electron chi connectivity index (χ0n) is 10.4. The van der Waals surface area contributed by atoms with Crippen LogP contribution in [0.15, 0.2) is 24.3 Å². The van der Waals surface area contributed by atoms with Crippen LogP contribution in [0.5, 0.6) is 0 Å². The van der Waals surface area contributed by atoms with Crippen LogP contribution < -0.4 is 10.6 Å². The lowest BCUT2D eigenvalue weighted by atomic mass is 10.0. The molecule has 1 aromatic carbocycles. The van der Waals surface area contributed by atoms with Crippen LogP contribution in [0.3, 0.4) is 0 Å². The first-order chi connectivity index (χ1) is 8.63. The van der Waals surface area contributed by atoms with Gasteiger partial charge in [0.15, 0.2) is 0 Å². The number of nitrogens with zero attached hydrogens (tertiary/aromatic N) is 1. The molecule has 0 unspecified atom stereocenters. The van der Waals surface area contributed by atoms with Crippen LogP contribution >= 0.6 is 0 Å². The van der Waals surface area contributed by atoms with Gasteiger partial charge >= 0.3 is 5.97 Å². The van der Waals surface area contributed by atoms with Crippen molar-refractivity contribution in [3.63, 3.8) is 0 Å². The highest BCUT2D eigenvalue weighted by molar-refractivity contribution is 5.76. The maximum absolute atomic E-state index is 11.2. The standard InChI is InChI=1S/C13H18N2O3/c1-18-13(17)11(14)12(16)9-3-5-10(6-4-9)15-7-2-8-15/h3-6,11-12,16H,2,7-8,14H2,1H3/t11-,12+/m0/s1. The monoisotopic (exact) mass is 250 g/mol. The van der Waals surface area contributed by atoms with Gasteiger partial charge in [0.2, 0.25) is 0 Å². The number of ether oxygens (including phenoxy) is 1. The normalized spacial score (nSPS) is 17.8. The fourth-order valence-corrected chi connectivity index (χ4v) is 1.93. The van der Waals surface area contributed by atoms with E-state index in [1.807, 2.05) is 12.1 Å². The van der Waals surface area contributed by atoms with E-state index in [2.05, 4.69) is 9.64 Å². The number of esters is 1. The third-order valence-electron chi connectivity index (χ3n) is 3.27. The molecule has 18 heavy (non-hydrogen) atoms. The first-order valence-corrected chi connectivity index (χ1v) is 6.00. The smallest absolute Gasteiger partial charge is 0.325 e. The van der Waals surface area contributed by atoms with Crippen LogP contribution in [0.2, 0.25) is 0 Å². The maximum atomic E-state index is 11.2. The molecular weight excluding hydrogens is 232 g/mol. The van der Waals surface area contributed by atoms with Gasteiger partial charge in [-0.05, 0) is 24.1 Å². The first-order valence-electron chi connectivity index (χ1n) is 6.00. The summed E-state index contributed by atoms with van der Waals surface area (Å²) in [4.78, 5) is 13.5. The Morgan fingerprint density at radius 1 is 1.39 bits per heavy atom. The summed E-state index contributed by atoms with van der Waals surface area (Å²) < 4.78 is 4.51. The highest BCUT2D eigenvalue weighted by atomic mass is 16.5. The number of benzene rings is 1. The number of carbonyl (C=O) groups is 1. The third-order valence-corrected chi connectivity index (χ3v) is 3.27. The third kappa shape index (κ3) is 2.47. The molecular formula is C13H18N2O3. The lowest BCUT2D eigenvalue weighted by Crippen LogP contribution is -2.38. The number of rotatable bonds is 4. The van der Waals surface area contributed by atoms with Crippen molar-refractivity contribution in [2.24, 2.45) is 5.73 Å². The Morgan fingerprint density at radius 3 is 2.44 bits per heavy atom. The molecule has 2 rings (SSSR count). The number of carbonyl (C=O) groups excluding carboxylic acids is 1. The molecule has 98 valence electrons. The summed E-state index contributed by atoms with van der Waals surface area (Å²) in [5, 5.41) is 9.95. The second kappa shape index (κ2) is 5.37. The molecule has 0 bridgehead atoms. The summed E-state index contributed by atoms with van der Waals surface area (Å²) in [5.74, 6) is -0.616. The number of aliphatic hydroxyl groups is 1. The van der Waals surface area contributed by atoms with Crippen molar-refractivity contribution in [2.75, 3.05) is 25.1 Å². The highest BCUT2D eigenvalue weighted by Crippen LogP contribution is 2.24. The van der Waals surface area contributed by atoms with E-state index in [1.54, 1.807) is 12.1 Å². The number of nitrogens with two attached hydrogens (primary N) is 1. The fraction of sp³-hybridized carbons (Fsp3) is 0.462. The Hall–Kier alpha value is -1.59. The summed E-state index contributed by atoms with van der Waals surface area (Å²) in [6, 6.07) is 6.40. The minimum Gasteiger partial charge on any atom is -0.468 e. The lowest BCUT2D eigenvalue weighted by Gasteiger charge is -2.33. The van der Waals surface area contributed by atoms with Crippen LogP contribution in [0, 0.1) is 0 Å². The summed E-state index contributed by atoms with van der Waals surface area (Å²) in [7, 11) is 1.25. The highest BCUT2D eigenvalue weighted by Gasteiger charge is 2.25. The topological polar surface area (TPSA) is 75.8 Å². The molecule has 0 aromatic heterocycles. The molecule has 5 nitrogen and oxygen atoms in total. The van der Waals surface area contributed by atoms with Crippen LogP contribution in [-0.2, 0) is 9.53 Å². The Bertz CT molecular complexity index is 415. The molecule has 1 aliphatic heterocycles. The molecule has 1 saturated heterocycles. The summed E-state index contributed by atoms with van der Waals surface area (Å²) in [6.45, 7) is 2.15. The zero-order chi connectivity index (χ0) is 13.1. The fourth-order valence-electron chi connectivity index (χ4n) is 1.93. The van der Waals surface area contributed by atoms with E-state index in [-0.39, 0.29) is 0 Å². The second-order valence-corrected chi connectivity index (χ2v) is 4.43. The van der Waals surface area contributed by atoms with E-state index in [9.17, 15) is 9.90 Å². The van der Waals surface area contributed by atoms with Gasteiger partial charge in [-0.1, -0.05) is 12.1 Å². The van der Waals surface area contributed by atoms with Gasteiger partial charge in [-0.2, -0.15) is 0 Å². The molecule has 0 amide bonds. The summed E-state index contributed by atoms with van der Waals surface area (Å²) >= 11 is 0. The van der Waals surface area contributed by atoms with Crippen molar-refractivity contribution in [2.45, 2.75) is 18.6 Å². The molecule has 0 aliphatic carbocycles. The molecule has 1 heterocycles. The number of hydrogen-bond donors (Lipinski definition) is 2. The van der Waals surface area contributed by atoms with E-state index >= 15 is 0 Å². The van der Waals surface area contributed by atoms with Crippen LogP contribution in [0.25, 0.3) is 0 Å². The first kappa shape index (κ1) is 12.9. The number of anilines is 1. The van der Waals surface area contributed by atoms with Gasteiger partial charge < -0.3 is 20.5 Å². The maximum Gasteiger partial charge on any atom is 0.325 e. The molecule has 0 saturated carbocycles. The minimum atomic E-state index is -1.05. The van der Waals surface area contributed by atoms with Crippen molar-refractivity contribution in [1.29, 1.82) is 0 Å². The zero-order valence-corrected chi connectivity index (χ0v) is 10.4. The average molecular weight is 250 g/mol. The predicted octanol–water partition coefficient (Wildman–Crippen LogP) is 0.430. The van der Waals surface area contributed by atoms with E-state index in [0.29, 0.717) is 5.56 Å². The lowest BCUT2D eigenvalue weighted by molar-refractivity contribution is -0.145. The number of methoxy groups -OCH3 is 1. The number of aliphatic hydroxyl groups excluding tert-OH is 1. The van der Waals surface area contributed by atoms with Crippen molar-refractivity contribution in [1.82, 2.24) is 0 Å². The molecule has 1 fully saturated rings. The van der Waals surface area contributed by atoms with Gasteiger partial charge in [-0.25, -0.2) is 0 Å².